The van der Waals surface area contributed by atoms with Crippen LogP contribution in [0.15, 0.2) is 24.3 Å². The van der Waals surface area contributed by atoms with Crippen LogP contribution in [0.1, 0.15) is 13.3 Å². The number of hydrogen-bond donors (Lipinski definition) is 1. The van der Waals surface area contributed by atoms with E-state index in [4.69, 9.17) is 10.00 Å². The summed E-state index contributed by atoms with van der Waals surface area (Å²) in [4.78, 5) is 2.07. The fourth-order valence-corrected chi connectivity index (χ4v) is 1.69. The number of anilines is 1. The molecule has 0 aliphatic heterocycles. The second-order valence-electron chi connectivity index (χ2n) is 4.21. The number of likely N-dealkylation sites (N-methyl/N-ethyl adjacent to an activating group) is 1. The molecule has 0 aliphatic rings. The average molecular weight is 247 g/mol. The Hall–Kier alpha value is -1.73. The third-order valence-corrected chi connectivity index (χ3v) is 2.77. The zero-order valence-electron chi connectivity index (χ0n) is 11.3. The molecule has 0 aliphatic carbocycles. The maximum atomic E-state index is 9.07. The number of nitrogens with zero attached hydrogens (tertiary/aromatic N) is 2. The summed E-state index contributed by atoms with van der Waals surface area (Å²) >= 11 is 0. The lowest BCUT2D eigenvalue weighted by atomic mass is 10.2. The van der Waals surface area contributed by atoms with Gasteiger partial charge in [-0.15, -0.1) is 0 Å². The Kier molecular flexibility index (Phi) is 6.03. The van der Waals surface area contributed by atoms with Gasteiger partial charge >= 0.3 is 0 Å². The smallest absolute Gasteiger partial charge is 0.119 e. The first-order chi connectivity index (χ1) is 8.71. The molecule has 4 nitrogen and oxygen atoms in total. The van der Waals surface area contributed by atoms with Gasteiger partial charge in [-0.1, -0.05) is 6.92 Å². The number of nitriles is 1. The monoisotopic (exact) mass is 247 g/mol. The van der Waals surface area contributed by atoms with Crippen molar-refractivity contribution in [3.05, 3.63) is 24.3 Å². The lowest BCUT2D eigenvalue weighted by molar-refractivity contribution is 0.415. The van der Waals surface area contributed by atoms with Gasteiger partial charge in [0, 0.05) is 19.3 Å². The Balaban J connectivity index is 2.57. The molecule has 1 aromatic rings. The molecule has 98 valence electrons. The van der Waals surface area contributed by atoms with Crippen molar-refractivity contribution in [1.82, 2.24) is 5.32 Å². The van der Waals surface area contributed by atoms with Crippen molar-refractivity contribution in [1.29, 1.82) is 5.26 Å². The standard InChI is InChI=1S/C14H21N3O/c1-4-9-16-12(10-15)11-17(2)13-5-7-14(18-3)8-6-13/h5-8,12,16H,4,9,11H2,1-3H3. The van der Waals surface area contributed by atoms with Crippen LogP contribution in [0.2, 0.25) is 0 Å². The lowest BCUT2D eigenvalue weighted by Crippen LogP contribution is -2.38. The van der Waals surface area contributed by atoms with Gasteiger partial charge in [-0.05, 0) is 37.2 Å². The largest absolute Gasteiger partial charge is 0.497 e. The quantitative estimate of drug-likeness (QED) is 0.801. The van der Waals surface area contributed by atoms with Gasteiger partial charge in [-0.3, -0.25) is 0 Å². The highest BCUT2D eigenvalue weighted by Gasteiger charge is 2.10. The van der Waals surface area contributed by atoms with E-state index in [1.165, 1.54) is 0 Å². The molecule has 0 spiro atoms. The summed E-state index contributed by atoms with van der Waals surface area (Å²) in [7, 11) is 3.64. The minimum Gasteiger partial charge on any atom is -0.497 e. The first kappa shape index (κ1) is 14.3. The van der Waals surface area contributed by atoms with Crippen LogP contribution in [-0.4, -0.2) is 33.3 Å². The van der Waals surface area contributed by atoms with Crippen LogP contribution in [0.3, 0.4) is 0 Å². The summed E-state index contributed by atoms with van der Waals surface area (Å²) in [6, 6.07) is 9.97. The van der Waals surface area contributed by atoms with E-state index in [1.54, 1.807) is 7.11 Å². The summed E-state index contributed by atoms with van der Waals surface area (Å²) in [5, 5.41) is 12.3. The van der Waals surface area contributed by atoms with Crippen LogP contribution >= 0.6 is 0 Å². The van der Waals surface area contributed by atoms with Crippen LogP contribution < -0.4 is 15.0 Å². The van der Waals surface area contributed by atoms with Crippen molar-refractivity contribution >= 4 is 5.69 Å². The van der Waals surface area contributed by atoms with Gasteiger partial charge in [0.15, 0.2) is 0 Å². The van der Waals surface area contributed by atoms with Crippen LogP contribution in [0.5, 0.6) is 5.75 Å². The van der Waals surface area contributed by atoms with E-state index in [0.29, 0.717) is 6.54 Å². The summed E-state index contributed by atoms with van der Waals surface area (Å²) < 4.78 is 5.12. The number of hydrogen-bond acceptors (Lipinski definition) is 4. The van der Waals surface area contributed by atoms with Crippen molar-refractivity contribution in [2.24, 2.45) is 0 Å². The Morgan fingerprint density at radius 3 is 2.56 bits per heavy atom. The molecular formula is C14H21N3O. The van der Waals surface area contributed by atoms with E-state index in [0.717, 1.165) is 24.4 Å². The Morgan fingerprint density at radius 1 is 1.39 bits per heavy atom. The predicted octanol–water partition coefficient (Wildman–Crippen LogP) is 2.02. The first-order valence-electron chi connectivity index (χ1n) is 6.19. The first-order valence-corrected chi connectivity index (χ1v) is 6.19. The number of benzene rings is 1. The van der Waals surface area contributed by atoms with Gasteiger partial charge in [0.25, 0.3) is 0 Å². The second kappa shape index (κ2) is 7.57. The van der Waals surface area contributed by atoms with E-state index < -0.39 is 0 Å². The Morgan fingerprint density at radius 2 is 2.06 bits per heavy atom. The molecule has 4 heteroatoms. The molecule has 1 unspecified atom stereocenters. The minimum atomic E-state index is -0.142. The van der Waals surface area contributed by atoms with Gasteiger partial charge in [-0.25, -0.2) is 0 Å². The van der Waals surface area contributed by atoms with Gasteiger partial charge < -0.3 is 15.0 Å². The zero-order chi connectivity index (χ0) is 13.4. The zero-order valence-corrected chi connectivity index (χ0v) is 11.3. The van der Waals surface area contributed by atoms with E-state index >= 15 is 0 Å². The third kappa shape index (κ3) is 4.27. The average Bonchev–Trinajstić information content (AvgIpc) is 2.43. The van der Waals surface area contributed by atoms with E-state index in [-0.39, 0.29) is 6.04 Å². The molecule has 0 radical (unpaired) electrons. The molecule has 0 saturated heterocycles. The molecule has 1 N–H and O–H groups in total. The van der Waals surface area contributed by atoms with Gasteiger partial charge in [0.1, 0.15) is 11.8 Å². The molecule has 0 bridgehead atoms. The van der Waals surface area contributed by atoms with Crippen LogP contribution in [0.25, 0.3) is 0 Å². The highest BCUT2D eigenvalue weighted by molar-refractivity contribution is 5.48. The second-order valence-corrected chi connectivity index (χ2v) is 4.21. The molecule has 0 heterocycles. The fraction of sp³-hybridized carbons (Fsp3) is 0.500. The third-order valence-electron chi connectivity index (χ3n) is 2.77. The summed E-state index contributed by atoms with van der Waals surface area (Å²) in [6.07, 6.45) is 1.03. The molecule has 0 aromatic heterocycles. The normalized spacial score (nSPS) is 11.7. The van der Waals surface area contributed by atoms with Gasteiger partial charge in [-0.2, -0.15) is 5.26 Å². The fourth-order valence-electron chi connectivity index (χ4n) is 1.69. The SMILES string of the molecule is CCCNC(C#N)CN(C)c1ccc(OC)cc1. The van der Waals surface area contributed by atoms with Crippen molar-refractivity contribution < 1.29 is 4.74 Å². The molecule has 0 amide bonds. The highest BCUT2D eigenvalue weighted by atomic mass is 16.5. The van der Waals surface area contributed by atoms with Crippen LogP contribution in [0, 0.1) is 11.3 Å². The summed E-state index contributed by atoms with van der Waals surface area (Å²) in [5.41, 5.74) is 1.08. The summed E-state index contributed by atoms with van der Waals surface area (Å²) in [6.45, 7) is 3.63. The number of methoxy groups -OCH3 is 1. The number of ether oxygens (including phenoxy) is 1. The van der Waals surface area contributed by atoms with E-state index in [9.17, 15) is 0 Å². The molecular weight excluding hydrogens is 226 g/mol. The van der Waals surface area contributed by atoms with Gasteiger partial charge in [0.05, 0.1) is 13.2 Å². The molecule has 1 atom stereocenters. The Bertz CT molecular complexity index is 383. The van der Waals surface area contributed by atoms with Gasteiger partial charge in [0.2, 0.25) is 0 Å². The molecule has 0 saturated carbocycles. The molecule has 18 heavy (non-hydrogen) atoms. The van der Waals surface area contributed by atoms with Crippen LogP contribution in [0.4, 0.5) is 5.69 Å². The van der Waals surface area contributed by atoms with E-state index in [2.05, 4.69) is 23.2 Å². The number of rotatable bonds is 7. The van der Waals surface area contributed by atoms with Crippen molar-refractivity contribution in [2.45, 2.75) is 19.4 Å². The van der Waals surface area contributed by atoms with Crippen molar-refractivity contribution in [2.75, 3.05) is 32.1 Å². The van der Waals surface area contributed by atoms with Crippen molar-refractivity contribution in [3.63, 3.8) is 0 Å². The lowest BCUT2D eigenvalue weighted by Gasteiger charge is -2.22. The topological polar surface area (TPSA) is 48.3 Å². The highest BCUT2D eigenvalue weighted by Crippen LogP contribution is 2.18. The molecule has 1 aromatic carbocycles. The molecule has 1 rings (SSSR count). The van der Waals surface area contributed by atoms with Crippen LogP contribution in [-0.2, 0) is 0 Å². The Labute approximate surface area is 109 Å². The predicted molar refractivity (Wildman–Crippen MR) is 74.0 cm³/mol. The summed E-state index contributed by atoms with van der Waals surface area (Å²) in [5.74, 6) is 0.841. The minimum absolute atomic E-state index is 0.142. The molecule has 0 fully saturated rings. The van der Waals surface area contributed by atoms with Crippen molar-refractivity contribution in [3.8, 4) is 11.8 Å². The maximum Gasteiger partial charge on any atom is 0.119 e. The van der Waals surface area contributed by atoms with E-state index in [1.807, 2.05) is 31.3 Å². The maximum absolute atomic E-state index is 9.07. The number of nitrogens with one attached hydrogen (secondary N) is 1.